The van der Waals surface area contributed by atoms with Crippen molar-refractivity contribution in [3.63, 3.8) is 0 Å². The number of carbonyl (C=O) groups is 2. The normalized spacial score (nSPS) is 11.5. The molecule has 0 unspecified atom stereocenters. The lowest BCUT2D eigenvalue weighted by atomic mass is 10.1. The van der Waals surface area contributed by atoms with Crippen molar-refractivity contribution in [1.29, 1.82) is 0 Å². The number of benzene rings is 3. The summed E-state index contributed by atoms with van der Waals surface area (Å²) in [6.45, 7) is 2.00. The predicted octanol–water partition coefficient (Wildman–Crippen LogP) is 4.38. The van der Waals surface area contributed by atoms with Crippen molar-refractivity contribution in [2.24, 2.45) is 0 Å². The van der Waals surface area contributed by atoms with Crippen molar-refractivity contribution in [2.45, 2.75) is 13.0 Å². The molecule has 3 aromatic carbocycles. The standard InChI is InChI=1S/C24H24FN3O3/c1-16(17-3-7-19(25)8-4-17)26-15-23(29)27-20-9-5-18(6-10-20)24(30)28-21-11-13-22(31-2)14-12-21/h3-14,16,26H,15H2,1-2H3,(H,27,29)(H,28,30)/t16-/m1/s1. The molecule has 2 amide bonds. The molecule has 0 aliphatic carbocycles. The molecule has 0 fully saturated rings. The summed E-state index contributed by atoms with van der Waals surface area (Å²) in [4.78, 5) is 24.6. The number of ether oxygens (including phenoxy) is 1. The van der Waals surface area contributed by atoms with Gasteiger partial charge in [-0.15, -0.1) is 0 Å². The van der Waals surface area contributed by atoms with Crippen LogP contribution in [0.25, 0.3) is 0 Å². The molecule has 3 aromatic rings. The van der Waals surface area contributed by atoms with Crippen LogP contribution < -0.4 is 20.7 Å². The summed E-state index contributed by atoms with van der Waals surface area (Å²) in [5.74, 6) is -0.0586. The van der Waals surface area contributed by atoms with Crippen LogP contribution in [0.15, 0.2) is 72.8 Å². The molecule has 6 nitrogen and oxygen atoms in total. The monoisotopic (exact) mass is 421 g/mol. The fraction of sp³-hybridized carbons (Fsp3) is 0.167. The van der Waals surface area contributed by atoms with Crippen LogP contribution in [-0.2, 0) is 4.79 Å². The number of rotatable bonds is 8. The van der Waals surface area contributed by atoms with E-state index in [9.17, 15) is 14.0 Å². The van der Waals surface area contributed by atoms with Gasteiger partial charge in [0.15, 0.2) is 0 Å². The van der Waals surface area contributed by atoms with Gasteiger partial charge in [0, 0.05) is 23.0 Å². The summed E-state index contributed by atoms with van der Waals surface area (Å²) in [6.07, 6.45) is 0. The number of amides is 2. The number of hydrogen-bond acceptors (Lipinski definition) is 4. The van der Waals surface area contributed by atoms with Crippen molar-refractivity contribution >= 4 is 23.2 Å². The average molecular weight is 421 g/mol. The van der Waals surface area contributed by atoms with E-state index >= 15 is 0 Å². The van der Waals surface area contributed by atoms with Crippen molar-refractivity contribution in [3.8, 4) is 5.75 Å². The highest BCUT2D eigenvalue weighted by molar-refractivity contribution is 6.04. The lowest BCUT2D eigenvalue weighted by Gasteiger charge is -2.14. The van der Waals surface area contributed by atoms with Gasteiger partial charge < -0.3 is 20.7 Å². The Labute approximate surface area is 180 Å². The first-order chi connectivity index (χ1) is 14.9. The van der Waals surface area contributed by atoms with E-state index in [-0.39, 0.29) is 30.2 Å². The van der Waals surface area contributed by atoms with Gasteiger partial charge in [0.25, 0.3) is 5.91 Å². The molecule has 31 heavy (non-hydrogen) atoms. The van der Waals surface area contributed by atoms with Gasteiger partial charge in [-0.3, -0.25) is 9.59 Å². The third kappa shape index (κ3) is 6.38. The Morgan fingerprint density at radius 1 is 0.871 bits per heavy atom. The zero-order valence-electron chi connectivity index (χ0n) is 17.3. The fourth-order valence-electron chi connectivity index (χ4n) is 2.90. The summed E-state index contributed by atoms with van der Waals surface area (Å²) in [6, 6.07) is 19.7. The molecular weight excluding hydrogens is 397 g/mol. The van der Waals surface area contributed by atoms with E-state index in [2.05, 4.69) is 16.0 Å². The minimum Gasteiger partial charge on any atom is -0.497 e. The third-order valence-electron chi connectivity index (χ3n) is 4.72. The second-order valence-corrected chi connectivity index (χ2v) is 6.96. The molecule has 0 aliphatic rings. The number of anilines is 2. The highest BCUT2D eigenvalue weighted by Crippen LogP contribution is 2.17. The lowest BCUT2D eigenvalue weighted by Crippen LogP contribution is -2.30. The highest BCUT2D eigenvalue weighted by atomic mass is 19.1. The molecule has 0 spiro atoms. The minimum atomic E-state index is -0.296. The molecule has 3 rings (SSSR count). The quantitative estimate of drug-likeness (QED) is 0.504. The minimum absolute atomic E-state index is 0.0955. The summed E-state index contributed by atoms with van der Waals surface area (Å²) in [5.41, 5.74) is 2.60. The lowest BCUT2D eigenvalue weighted by molar-refractivity contribution is -0.115. The molecule has 3 N–H and O–H groups in total. The maximum atomic E-state index is 13.0. The van der Waals surface area contributed by atoms with Gasteiger partial charge in [0.1, 0.15) is 11.6 Å². The topological polar surface area (TPSA) is 79.5 Å². The molecule has 7 heteroatoms. The van der Waals surface area contributed by atoms with Gasteiger partial charge in [-0.25, -0.2) is 4.39 Å². The van der Waals surface area contributed by atoms with Crippen LogP contribution in [0.3, 0.4) is 0 Å². The summed E-state index contributed by atoms with van der Waals surface area (Å²) in [5, 5.41) is 8.68. The van der Waals surface area contributed by atoms with Crippen LogP contribution in [0.2, 0.25) is 0 Å². The Bertz CT molecular complexity index is 1020. The summed E-state index contributed by atoms with van der Waals surface area (Å²) < 4.78 is 18.1. The Hall–Kier alpha value is -3.71. The van der Waals surface area contributed by atoms with E-state index in [4.69, 9.17) is 4.74 Å². The molecule has 160 valence electrons. The molecule has 1 atom stereocenters. The zero-order chi connectivity index (χ0) is 22.2. The van der Waals surface area contributed by atoms with E-state index in [0.717, 1.165) is 5.56 Å². The van der Waals surface area contributed by atoms with E-state index in [0.29, 0.717) is 22.7 Å². The third-order valence-corrected chi connectivity index (χ3v) is 4.72. The zero-order valence-corrected chi connectivity index (χ0v) is 17.3. The van der Waals surface area contributed by atoms with Gasteiger partial charge in [0.05, 0.1) is 13.7 Å². The molecular formula is C24H24FN3O3. The Morgan fingerprint density at radius 3 is 2.06 bits per heavy atom. The second kappa shape index (κ2) is 10.4. The first-order valence-electron chi connectivity index (χ1n) is 9.79. The predicted molar refractivity (Wildman–Crippen MR) is 119 cm³/mol. The maximum absolute atomic E-state index is 13.0. The van der Waals surface area contributed by atoms with Gasteiger partial charge in [-0.1, -0.05) is 12.1 Å². The number of carbonyl (C=O) groups excluding carboxylic acids is 2. The van der Waals surface area contributed by atoms with Crippen LogP contribution in [-0.4, -0.2) is 25.5 Å². The van der Waals surface area contributed by atoms with Crippen molar-refractivity contribution in [1.82, 2.24) is 5.32 Å². The number of hydrogen-bond donors (Lipinski definition) is 3. The van der Waals surface area contributed by atoms with Crippen molar-refractivity contribution in [3.05, 3.63) is 89.7 Å². The van der Waals surface area contributed by atoms with Gasteiger partial charge in [-0.2, -0.15) is 0 Å². The number of methoxy groups -OCH3 is 1. The van der Waals surface area contributed by atoms with Gasteiger partial charge >= 0.3 is 0 Å². The molecule has 0 bridgehead atoms. The highest BCUT2D eigenvalue weighted by Gasteiger charge is 2.10. The van der Waals surface area contributed by atoms with Crippen LogP contribution in [0, 0.1) is 5.82 Å². The summed E-state index contributed by atoms with van der Waals surface area (Å²) in [7, 11) is 1.58. The van der Waals surface area contributed by atoms with Gasteiger partial charge in [-0.05, 0) is 73.2 Å². The molecule has 0 radical (unpaired) electrons. The van der Waals surface area contributed by atoms with Crippen LogP contribution >= 0.6 is 0 Å². The van der Waals surface area contributed by atoms with Gasteiger partial charge in [0.2, 0.25) is 5.91 Å². The largest absolute Gasteiger partial charge is 0.497 e. The molecule has 0 aliphatic heterocycles. The smallest absolute Gasteiger partial charge is 0.255 e. The average Bonchev–Trinajstić information content (AvgIpc) is 2.79. The molecule has 0 heterocycles. The SMILES string of the molecule is COc1ccc(NC(=O)c2ccc(NC(=O)CN[C@H](C)c3ccc(F)cc3)cc2)cc1. The number of halogens is 1. The van der Waals surface area contributed by atoms with Crippen molar-refractivity contribution in [2.75, 3.05) is 24.3 Å². The van der Waals surface area contributed by atoms with Crippen molar-refractivity contribution < 1.29 is 18.7 Å². The Kier molecular flexibility index (Phi) is 7.35. The molecule has 0 saturated carbocycles. The van der Waals surface area contributed by atoms with Crippen LogP contribution in [0.1, 0.15) is 28.9 Å². The molecule has 0 aromatic heterocycles. The Balaban J connectivity index is 1.49. The van der Waals surface area contributed by atoms with E-state index in [1.165, 1.54) is 12.1 Å². The molecule has 0 saturated heterocycles. The maximum Gasteiger partial charge on any atom is 0.255 e. The second-order valence-electron chi connectivity index (χ2n) is 6.96. The first kappa shape index (κ1) is 22.0. The van der Waals surface area contributed by atoms with E-state index in [1.807, 2.05) is 6.92 Å². The van der Waals surface area contributed by atoms with Crippen LogP contribution in [0.4, 0.5) is 15.8 Å². The number of nitrogens with one attached hydrogen (secondary N) is 3. The fourth-order valence-corrected chi connectivity index (χ4v) is 2.90. The Morgan fingerprint density at radius 2 is 1.45 bits per heavy atom. The van der Waals surface area contributed by atoms with Crippen LogP contribution in [0.5, 0.6) is 5.75 Å². The first-order valence-corrected chi connectivity index (χ1v) is 9.79. The van der Waals surface area contributed by atoms with E-state index in [1.54, 1.807) is 67.8 Å². The van der Waals surface area contributed by atoms with E-state index < -0.39 is 0 Å². The summed E-state index contributed by atoms with van der Waals surface area (Å²) >= 11 is 0.